The Morgan fingerprint density at radius 2 is 1.33 bits per heavy atom. The first-order chi connectivity index (χ1) is 20.6. The summed E-state index contributed by atoms with van der Waals surface area (Å²) in [6.45, 7) is 3.17. The molecule has 1 amide bonds. The van der Waals surface area contributed by atoms with Crippen LogP contribution in [-0.2, 0) is 15.9 Å². The van der Waals surface area contributed by atoms with E-state index in [2.05, 4.69) is 71.6 Å². The predicted molar refractivity (Wildman–Crippen MR) is 168 cm³/mol. The highest BCUT2D eigenvalue weighted by Gasteiger charge is 2.39. The molecule has 2 heterocycles. The Bertz CT molecular complexity index is 1300. The second-order valence-electron chi connectivity index (χ2n) is 11.3. The minimum Gasteiger partial charge on any atom is -0.497 e. The van der Waals surface area contributed by atoms with E-state index < -0.39 is 0 Å². The number of fused-ring (bicyclic) bond motifs is 2. The van der Waals surface area contributed by atoms with Gasteiger partial charge in [-0.15, -0.1) is 0 Å². The monoisotopic (exact) mass is 568 g/mol. The molecule has 2 atom stereocenters. The number of nitrogens with zero attached hydrogens (tertiary/aromatic N) is 2. The van der Waals surface area contributed by atoms with Crippen LogP contribution >= 0.6 is 0 Å². The smallest absolute Gasteiger partial charge is 0.254 e. The summed E-state index contributed by atoms with van der Waals surface area (Å²) in [6.07, 6.45) is 5.75. The van der Waals surface area contributed by atoms with Gasteiger partial charge in [-0.3, -0.25) is 9.69 Å². The third kappa shape index (κ3) is 7.12. The lowest BCUT2D eigenvalue weighted by atomic mass is 9.85. The Balaban J connectivity index is 1.36. The van der Waals surface area contributed by atoms with Crippen molar-refractivity contribution in [1.82, 2.24) is 9.80 Å². The fraction of sp³-hybridized carbons (Fsp3) is 0.417. The number of ether oxygens (including phenoxy) is 3. The fourth-order valence-corrected chi connectivity index (χ4v) is 6.58. The van der Waals surface area contributed by atoms with E-state index in [1.807, 2.05) is 12.1 Å². The molecule has 6 nitrogen and oxygen atoms in total. The zero-order valence-corrected chi connectivity index (χ0v) is 25.3. The molecule has 3 aromatic carbocycles. The summed E-state index contributed by atoms with van der Waals surface area (Å²) >= 11 is 0. The van der Waals surface area contributed by atoms with Gasteiger partial charge in [0, 0.05) is 51.5 Å². The summed E-state index contributed by atoms with van der Waals surface area (Å²) in [4.78, 5) is 17.9. The lowest BCUT2D eigenvalue weighted by Crippen LogP contribution is -2.41. The summed E-state index contributed by atoms with van der Waals surface area (Å²) in [5.74, 6) is 0.916. The highest BCUT2D eigenvalue weighted by Crippen LogP contribution is 2.43. The van der Waals surface area contributed by atoms with Crippen molar-refractivity contribution in [2.24, 2.45) is 0 Å². The van der Waals surface area contributed by atoms with Gasteiger partial charge in [-0.1, -0.05) is 60.2 Å². The maximum atomic E-state index is 13.3. The molecular weight excluding hydrogens is 524 g/mol. The molecule has 2 bridgehead atoms. The van der Waals surface area contributed by atoms with E-state index in [9.17, 15) is 4.79 Å². The van der Waals surface area contributed by atoms with Gasteiger partial charge >= 0.3 is 0 Å². The molecule has 2 fully saturated rings. The highest BCUT2D eigenvalue weighted by atomic mass is 16.5. The van der Waals surface area contributed by atoms with Gasteiger partial charge in [0.05, 0.1) is 20.3 Å². The summed E-state index contributed by atoms with van der Waals surface area (Å²) in [6, 6.07) is 28.6. The quantitative estimate of drug-likeness (QED) is 0.249. The first-order valence-corrected chi connectivity index (χ1v) is 15.1. The van der Waals surface area contributed by atoms with Crippen LogP contribution in [0, 0.1) is 0 Å². The Morgan fingerprint density at radius 3 is 1.90 bits per heavy atom. The first-order valence-electron chi connectivity index (χ1n) is 15.1. The fourth-order valence-electron chi connectivity index (χ4n) is 6.58. The van der Waals surface area contributed by atoms with Crippen LogP contribution < -0.4 is 4.74 Å². The molecule has 0 N–H and O–H groups in total. The average Bonchev–Trinajstić information content (AvgIpc) is 3.27. The topological polar surface area (TPSA) is 51.2 Å². The SMILES string of the molecule is COCCN(CCOC)C(=O)c1ccc(C(=C2CC3CCC(C2)N3CCc2ccc(OC)cc2)c2ccccc2)cc1. The third-order valence-electron chi connectivity index (χ3n) is 8.81. The number of piperidine rings is 1. The van der Waals surface area contributed by atoms with Gasteiger partial charge in [0.15, 0.2) is 0 Å². The van der Waals surface area contributed by atoms with E-state index in [1.165, 1.54) is 40.7 Å². The Morgan fingerprint density at radius 1 is 0.762 bits per heavy atom. The lowest BCUT2D eigenvalue weighted by Gasteiger charge is -2.37. The number of hydrogen-bond acceptors (Lipinski definition) is 5. The van der Waals surface area contributed by atoms with Crippen molar-refractivity contribution in [2.75, 3.05) is 54.2 Å². The summed E-state index contributed by atoms with van der Waals surface area (Å²) in [7, 11) is 5.03. The molecular formula is C36H44N2O4. The molecule has 42 heavy (non-hydrogen) atoms. The molecule has 0 aliphatic carbocycles. The largest absolute Gasteiger partial charge is 0.497 e. The second-order valence-corrected chi connectivity index (χ2v) is 11.3. The number of amides is 1. The van der Waals surface area contributed by atoms with Crippen LogP contribution in [0.2, 0.25) is 0 Å². The van der Waals surface area contributed by atoms with Crippen molar-refractivity contribution in [3.05, 3.63) is 107 Å². The van der Waals surface area contributed by atoms with Crippen molar-refractivity contribution in [3.8, 4) is 5.75 Å². The van der Waals surface area contributed by atoms with Crippen LogP contribution in [0.15, 0.2) is 84.4 Å². The normalized spacial score (nSPS) is 18.2. The van der Waals surface area contributed by atoms with Gasteiger partial charge < -0.3 is 19.1 Å². The molecule has 0 radical (unpaired) electrons. The lowest BCUT2D eigenvalue weighted by molar-refractivity contribution is 0.0627. The minimum atomic E-state index is 0.00720. The molecule has 6 heteroatoms. The maximum absolute atomic E-state index is 13.3. The third-order valence-corrected chi connectivity index (χ3v) is 8.81. The molecule has 0 aromatic heterocycles. The van der Waals surface area contributed by atoms with Crippen molar-refractivity contribution in [1.29, 1.82) is 0 Å². The van der Waals surface area contributed by atoms with Gasteiger partial charge in [0.25, 0.3) is 5.91 Å². The molecule has 2 aliphatic heterocycles. The number of rotatable bonds is 13. The average molecular weight is 569 g/mol. The van der Waals surface area contributed by atoms with Gasteiger partial charge in [-0.05, 0) is 78.6 Å². The molecule has 222 valence electrons. The molecule has 2 unspecified atom stereocenters. The molecule has 2 saturated heterocycles. The van der Waals surface area contributed by atoms with Gasteiger partial charge in [0.1, 0.15) is 5.75 Å². The van der Waals surface area contributed by atoms with Crippen molar-refractivity contribution < 1.29 is 19.0 Å². The van der Waals surface area contributed by atoms with Crippen molar-refractivity contribution >= 4 is 11.5 Å². The van der Waals surface area contributed by atoms with Crippen LogP contribution in [0.3, 0.4) is 0 Å². The predicted octanol–water partition coefficient (Wildman–Crippen LogP) is 6.10. The molecule has 5 rings (SSSR count). The Kier molecular flexibility index (Phi) is 10.5. The Hall–Kier alpha value is -3.45. The molecule has 3 aromatic rings. The van der Waals surface area contributed by atoms with Crippen molar-refractivity contribution in [3.63, 3.8) is 0 Å². The first kappa shape index (κ1) is 30.0. The zero-order valence-electron chi connectivity index (χ0n) is 25.3. The van der Waals surface area contributed by atoms with Crippen LogP contribution in [0.4, 0.5) is 0 Å². The maximum Gasteiger partial charge on any atom is 0.254 e. The minimum absolute atomic E-state index is 0.00720. The van der Waals surface area contributed by atoms with Gasteiger partial charge in [-0.2, -0.15) is 0 Å². The van der Waals surface area contributed by atoms with E-state index in [-0.39, 0.29) is 5.91 Å². The molecule has 2 aliphatic rings. The molecule has 0 spiro atoms. The summed E-state index contributed by atoms with van der Waals surface area (Å²) < 4.78 is 15.8. The van der Waals surface area contributed by atoms with Crippen LogP contribution in [0.1, 0.15) is 52.7 Å². The van der Waals surface area contributed by atoms with E-state index in [0.29, 0.717) is 44.0 Å². The van der Waals surface area contributed by atoms with E-state index in [4.69, 9.17) is 14.2 Å². The van der Waals surface area contributed by atoms with Crippen LogP contribution in [0.5, 0.6) is 5.75 Å². The summed E-state index contributed by atoms with van der Waals surface area (Å²) in [5.41, 5.74) is 7.35. The zero-order chi connectivity index (χ0) is 29.3. The summed E-state index contributed by atoms with van der Waals surface area (Å²) in [5, 5.41) is 0. The molecule has 0 saturated carbocycles. The van der Waals surface area contributed by atoms with Crippen molar-refractivity contribution in [2.45, 2.75) is 44.2 Å². The number of benzene rings is 3. The second kappa shape index (κ2) is 14.6. The van der Waals surface area contributed by atoms with E-state index >= 15 is 0 Å². The van der Waals surface area contributed by atoms with Crippen LogP contribution in [0.25, 0.3) is 5.57 Å². The van der Waals surface area contributed by atoms with Gasteiger partial charge in [-0.25, -0.2) is 0 Å². The standard InChI is InChI=1S/C36H44N2O4/c1-40-23-21-37(22-24-41-2)36(39)30-13-11-29(12-14-30)35(28-7-5-4-6-8-28)31-25-32-15-16-33(26-31)38(32)20-19-27-9-17-34(42-3)18-10-27/h4-14,17-18,32-33H,15-16,19-26H2,1-3H3. The van der Waals surface area contributed by atoms with Gasteiger partial charge in [0.2, 0.25) is 0 Å². The van der Waals surface area contributed by atoms with Crippen LogP contribution in [-0.4, -0.2) is 82.0 Å². The highest BCUT2D eigenvalue weighted by molar-refractivity contribution is 5.95. The number of methoxy groups -OCH3 is 3. The number of carbonyl (C=O) groups excluding carboxylic acids is 1. The number of carbonyl (C=O) groups is 1. The van der Waals surface area contributed by atoms with E-state index in [0.717, 1.165) is 31.6 Å². The Labute approximate surface area is 250 Å². The number of hydrogen-bond donors (Lipinski definition) is 0. The van der Waals surface area contributed by atoms with E-state index in [1.54, 1.807) is 26.2 Å².